The molecule has 0 saturated heterocycles. The molecule has 0 saturated carbocycles. The van der Waals surface area contributed by atoms with Gasteiger partial charge in [-0.3, -0.25) is 0 Å². The lowest BCUT2D eigenvalue weighted by molar-refractivity contribution is -0.152. The van der Waals surface area contributed by atoms with Gasteiger partial charge in [-0.2, -0.15) is 4.98 Å². The number of nitrogens with zero attached hydrogens (tertiary/aromatic N) is 2. The highest BCUT2D eigenvalue weighted by Gasteiger charge is 2.30. The molecule has 0 fully saturated rings. The molecule has 1 N–H and O–H groups in total. The molecule has 0 spiro atoms. The zero-order valence-electron chi connectivity index (χ0n) is 18.0. The predicted molar refractivity (Wildman–Crippen MR) is 116 cm³/mol. The highest BCUT2D eigenvalue weighted by molar-refractivity contribution is 5.77. The van der Waals surface area contributed by atoms with E-state index in [0.29, 0.717) is 22.7 Å². The molecule has 0 aliphatic heterocycles. The predicted octanol–water partition coefficient (Wildman–Crippen LogP) is 5.68. The van der Waals surface area contributed by atoms with Crippen LogP contribution in [0, 0.1) is 19.7 Å². The summed E-state index contributed by atoms with van der Waals surface area (Å²) in [5.41, 5.74) is 1.57. The zero-order valence-corrected chi connectivity index (χ0v) is 18.0. The van der Waals surface area contributed by atoms with Crippen molar-refractivity contribution in [1.29, 1.82) is 0 Å². The van der Waals surface area contributed by atoms with E-state index in [-0.39, 0.29) is 17.3 Å². The molecule has 2 heterocycles. The van der Waals surface area contributed by atoms with Gasteiger partial charge in [-0.1, -0.05) is 12.1 Å². The molecule has 0 atom stereocenters. The van der Waals surface area contributed by atoms with Crippen molar-refractivity contribution in [2.75, 3.05) is 0 Å². The third-order valence-electron chi connectivity index (χ3n) is 4.86. The van der Waals surface area contributed by atoms with Gasteiger partial charge in [0.1, 0.15) is 11.3 Å². The van der Waals surface area contributed by atoms with Crippen molar-refractivity contribution in [1.82, 2.24) is 9.97 Å². The molecule has 32 heavy (non-hydrogen) atoms. The lowest BCUT2D eigenvalue weighted by Gasteiger charge is -2.24. The first-order chi connectivity index (χ1) is 15.1. The number of fused-ring (bicyclic) bond motifs is 1. The summed E-state index contributed by atoms with van der Waals surface area (Å²) >= 11 is 0. The molecule has 2 aromatic carbocycles. The first-order valence-corrected chi connectivity index (χ1v) is 9.88. The van der Waals surface area contributed by atoms with Gasteiger partial charge in [-0.05, 0) is 69.2 Å². The maximum atomic E-state index is 13.8. The van der Waals surface area contributed by atoms with E-state index < -0.39 is 17.4 Å². The van der Waals surface area contributed by atoms with Crippen molar-refractivity contribution >= 4 is 17.2 Å². The summed E-state index contributed by atoms with van der Waals surface area (Å²) in [6.45, 7) is 6.64. The molecular weight excluding hydrogens is 415 g/mol. The van der Waals surface area contributed by atoms with Crippen LogP contribution in [0.5, 0.6) is 17.4 Å². The lowest BCUT2D eigenvalue weighted by Crippen LogP contribution is -2.38. The van der Waals surface area contributed by atoms with Crippen LogP contribution in [0.3, 0.4) is 0 Å². The number of benzene rings is 2. The van der Waals surface area contributed by atoms with Crippen LogP contribution >= 0.6 is 0 Å². The standard InChI is InChI=1S/C24H21FN2O5/c1-13-11-15(12-14(2)20(13)32-24(3,4)23(28)29)21-26-17-9-10-19(27-22(17)31-21)30-18-8-6-5-7-16(18)25/h5-12H,1-4H3,(H,28,29). The SMILES string of the molecule is Cc1cc(-c2nc3ccc(Oc4ccccc4F)nc3o2)cc(C)c1OC(C)(C)C(=O)O. The summed E-state index contributed by atoms with van der Waals surface area (Å²) in [6, 6.07) is 12.9. The summed E-state index contributed by atoms with van der Waals surface area (Å²) in [4.78, 5) is 20.2. The molecule has 0 unspecified atom stereocenters. The second-order valence-electron chi connectivity index (χ2n) is 7.88. The van der Waals surface area contributed by atoms with Gasteiger partial charge in [0.15, 0.2) is 17.2 Å². The maximum Gasteiger partial charge on any atom is 0.347 e. The maximum absolute atomic E-state index is 13.8. The third kappa shape index (κ3) is 4.12. The van der Waals surface area contributed by atoms with E-state index in [4.69, 9.17) is 13.9 Å². The number of aryl methyl sites for hydroxylation is 2. The van der Waals surface area contributed by atoms with Crippen molar-refractivity contribution in [3.8, 4) is 28.8 Å². The minimum absolute atomic E-state index is 0.0604. The second-order valence-corrected chi connectivity index (χ2v) is 7.88. The number of pyridine rings is 1. The lowest BCUT2D eigenvalue weighted by atomic mass is 10.0. The normalized spacial score (nSPS) is 11.5. The smallest absolute Gasteiger partial charge is 0.347 e. The Hall–Kier alpha value is -3.94. The summed E-state index contributed by atoms with van der Waals surface area (Å²) in [5.74, 6) is -0.477. The monoisotopic (exact) mass is 436 g/mol. The van der Waals surface area contributed by atoms with Crippen molar-refractivity contribution in [2.24, 2.45) is 0 Å². The molecule has 0 aliphatic rings. The molecule has 0 amide bonds. The van der Waals surface area contributed by atoms with Gasteiger partial charge in [-0.15, -0.1) is 0 Å². The number of para-hydroxylation sites is 1. The summed E-state index contributed by atoms with van der Waals surface area (Å²) in [5, 5.41) is 9.34. The van der Waals surface area contributed by atoms with E-state index in [2.05, 4.69) is 9.97 Å². The Labute approximate surface area is 183 Å². The largest absolute Gasteiger partial charge is 0.478 e. The highest BCUT2D eigenvalue weighted by atomic mass is 19.1. The van der Waals surface area contributed by atoms with Gasteiger partial charge in [0, 0.05) is 11.6 Å². The van der Waals surface area contributed by atoms with E-state index in [9.17, 15) is 14.3 Å². The van der Waals surface area contributed by atoms with Crippen LogP contribution in [-0.4, -0.2) is 26.6 Å². The molecule has 2 aromatic heterocycles. The number of halogens is 1. The molecule has 4 rings (SSSR count). The number of aromatic nitrogens is 2. The van der Waals surface area contributed by atoms with Crippen LogP contribution < -0.4 is 9.47 Å². The van der Waals surface area contributed by atoms with Gasteiger partial charge in [0.05, 0.1) is 0 Å². The topological polar surface area (TPSA) is 94.7 Å². The molecule has 4 aromatic rings. The van der Waals surface area contributed by atoms with Gasteiger partial charge in [0.2, 0.25) is 11.8 Å². The van der Waals surface area contributed by atoms with Gasteiger partial charge in [-0.25, -0.2) is 14.2 Å². The number of carboxylic acid groups (broad SMARTS) is 1. The number of carboxylic acids is 1. The van der Waals surface area contributed by atoms with E-state index in [1.54, 1.807) is 24.3 Å². The number of oxazole rings is 1. The molecule has 7 nitrogen and oxygen atoms in total. The quantitative estimate of drug-likeness (QED) is 0.415. The number of rotatable bonds is 6. The molecule has 8 heteroatoms. The van der Waals surface area contributed by atoms with Gasteiger partial charge >= 0.3 is 5.97 Å². The fourth-order valence-electron chi connectivity index (χ4n) is 3.15. The first-order valence-electron chi connectivity index (χ1n) is 9.88. The Morgan fingerprint density at radius 1 is 1.06 bits per heavy atom. The Bertz CT molecular complexity index is 1310. The van der Waals surface area contributed by atoms with Crippen LogP contribution in [0.25, 0.3) is 22.7 Å². The Kier molecular flexibility index (Phi) is 5.30. The van der Waals surface area contributed by atoms with Gasteiger partial charge in [0.25, 0.3) is 5.71 Å². The number of ether oxygens (including phenoxy) is 2. The van der Waals surface area contributed by atoms with Crippen molar-refractivity contribution in [3.05, 3.63) is 65.5 Å². The average Bonchev–Trinajstić information content (AvgIpc) is 3.15. The Morgan fingerprint density at radius 3 is 2.41 bits per heavy atom. The number of hydrogen-bond acceptors (Lipinski definition) is 6. The highest BCUT2D eigenvalue weighted by Crippen LogP contribution is 2.34. The number of carbonyl (C=O) groups is 1. The van der Waals surface area contributed by atoms with Crippen molar-refractivity contribution in [2.45, 2.75) is 33.3 Å². The molecule has 0 radical (unpaired) electrons. The minimum Gasteiger partial charge on any atom is -0.478 e. The van der Waals surface area contributed by atoms with Crippen LogP contribution in [0.1, 0.15) is 25.0 Å². The fourth-order valence-corrected chi connectivity index (χ4v) is 3.15. The molecule has 0 bridgehead atoms. The Morgan fingerprint density at radius 2 is 1.75 bits per heavy atom. The van der Waals surface area contributed by atoms with Crippen molar-refractivity contribution in [3.63, 3.8) is 0 Å². The third-order valence-corrected chi connectivity index (χ3v) is 4.86. The van der Waals surface area contributed by atoms with Crippen molar-refractivity contribution < 1.29 is 28.2 Å². The second kappa shape index (κ2) is 7.96. The average molecular weight is 436 g/mol. The van der Waals surface area contributed by atoms with Crippen LogP contribution in [0.2, 0.25) is 0 Å². The van der Waals surface area contributed by atoms with Crippen LogP contribution in [0.4, 0.5) is 4.39 Å². The minimum atomic E-state index is -1.37. The Balaban J connectivity index is 1.65. The molecule has 0 aliphatic carbocycles. The van der Waals surface area contributed by atoms with Gasteiger partial charge < -0.3 is 19.0 Å². The van der Waals surface area contributed by atoms with Crippen LogP contribution in [0.15, 0.2) is 52.9 Å². The van der Waals surface area contributed by atoms with E-state index >= 15 is 0 Å². The fraction of sp³-hybridized carbons (Fsp3) is 0.208. The summed E-state index contributed by atoms with van der Waals surface area (Å²) in [6.07, 6.45) is 0. The van der Waals surface area contributed by atoms with E-state index in [0.717, 1.165) is 11.1 Å². The van der Waals surface area contributed by atoms with E-state index in [1.165, 1.54) is 26.0 Å². The molecular formula is C24H21FN2O5. The first kappa shape index (κ1) is 21.3. The number of aliphatic carboxylic acids is 1. The van der Waals surface area contributed by atoms with Crippen LogP contribution in [-0.2, 0) is 4.79 Å². The summed E-state index contributed by atoms with van der Waals surface area (Å²) < 4.78 is 30.9. The summed E-state index contributed by atoms with van der Waals surface area (Å²) in [7, 11) is 0. The number of hydrogen-bond donors (Lipinski definition) is 1. The zero-order chi connectivity index (χ0) is 23.0. The van der Waals surface area contributed by atoms with E-state index in [1.807, 2.05) is 26.0 Å². The molecule has 164 valence electrons.